The average molecular weight is 424 g/mol. The summed E-state index contributed by atoms with van der Waals surface area (Å²) in [6.45, 7) is 12.0. The minimum atomic E-state index is -0.212. The minimum absolute atomic E-state index is 0.0201. The molecule has 0 bridgehead atoms. The summed E-state index contributed by atoms with van der Waals surface area (Å²) in [4.78, 5) is 14.9. The highest BCUT2D eigenvalue weighted by molar-refractivity contribution is 7.80. The molecule has 0 aliphatic carbocycles. The first-order chi connectivity index (χ1) is 14.7. The van der Waals surface area contributed by atoms with Crippen LogP contribution in [0, 0.1) is 0 Å². The number of rotatable bonds is 5. The molecule has 1 unspecified atom stereocenters. The molecule has 0 aromatic heterocycles. The van der Waals surface area contributed by atoms with Gasteiger partial charge in [-0.25, -0.2) is 0 Å². The van der Waals surface area contributed by atoms with Crippen LogP contribution in [0.3, 0.4) is 0 Å². The Balaban J connectivity index is 0.00000129. The molecule has 3 heteroatoms. The molecule has 3 aromatic rings. The van der Waals surface area contributed by atoms with Gasteiger partial charge in [0, 0.05) is 23.9 Å². The summed E-state index contributed by atoms with van der Waals surface area (Å²) in [5.74, 6) is 0.0201. The Bertz CT molecular complexity index is 819. The van der Waals surface area contributed by atoms with Crippen molar-refractivity contribution in [2.75, 3.05) is 11.9 Å². The number of nitrogens with zero attached hydrogens (tertiary/aromatic N) is 1. The minimum Gasteiger partial charge on any atom is -0.359 e. The summed E-state index contributed by atoms with van der Waals surface area (Å²) in [6.07, 6.45) is 0. The van der Waals surface area contributed by atoms with Gasteiger partial charge < -0.3 is 4.90 Å². The normalized spacial score (nSPS) is 10.0. The van der Waals surface area contributed by atoms with Crippen LogP contribution in [0.25, 0.3) is 0 Å². The van der Waals surface area contributed by atoms with Crippen LogP contribution in [0.1, 0.15) is 68.4 Å². The molecule has 0 aliphatic rings. The third-order valence-corrected chi connectivity index (χ3v) is 4.67. The molecule has 0 aliphatic heterocycles. The van der Waals surface area contributed by atoms with Crippen molar-refractivity contribution >= 4 is 24.1 Å². The van der Waals surface area contributed by atoms with Crippen LogP contribution in [-0.2, 0) is 0 Å². The van der Waals surface area contributed by atoms with Crippen LogP contribution in [0.5, 0.6) is 0 Å². The van der Waals surface area contributed by atoms with Crippen molar-refractivity contribution in [1.29, 1.82) is 0 Å². The summed E-state index contributed by atoms with van der Waals surface area (Å²) in [5.41, 5.74) is 3.33. The molecule has 0 fully saturated rings. The van der Waals surface area contributed by atoms with Gasteiger partial charge >= 0.3 is 0 Å². The predicted octanol–water partition coefficient (Wildman–Crippen LogP) is 8.06. The molecule has 0 amide bonds. The number of ketones is 1. The second-order valence-electron chi connectivity index (χ2n) is 5.60. The summed E-state index contributed by atoms with van der Waals surface area (Å²) in [7, 11) is 1.98. The molecule has 0 radical (unpaired) electrons. The maximum absolute atomic E-state index is 12.9. The monoisotopic (exact) mass is 423 g/mol. The first-order valence-electron chi connectivity index (χ1n) is 10.8. The van der Waals surface area contributed by atoms with Gasteiger partial charge in [0.05, 0.1) is 5.37 Å². The second kappa shape index (κ2) is 16.3. The molecule has 3 aromatic carbocycles. The van der Waals surface area contributed by atoms with Gasteiger partial charge in [-0.2, -0.15) is 0 Å². The lowest BCUT2D eigenvalue weighted by Crippen LogP contribution is -2.22. The Hall–Kier alpha value is -2.52. The van der Waals surface area contributed by atoms with Gasteiger partial charge in [0.1, 0.15) is 0 Å². The van der Waals surface area contributed by atoms with Crippen LogP contribution in [0.4, 0.5) is 5.69 Å². The van der Waals surface area contributed by atoms with E-state index in [1.165, 1.54) is 0 Å². The van der Waals surface area contributed by atoms with E-state index in [1.54, 1.807) is 0 Å². The highest BCUT2D eigenvalue weighted by Gasteiger charge is 2.20. The van der Waals surface area contributed by atoms with Crippen molar-refractivity contribution in [2.45, 2.75) is 46.9 Å². The number of thiol groups is 1. The van der Waals surface area contributed by atoms with Crippen LogP contribution >= 0.6 is 12.6 Å². The van der Waals surface area contributed by atoms with Crippen molar-refractivity contribution in [3.8, 4) is 0 Å². The highest BCUT2D eigenvalue weighted by atomic mass is 32.1. The lowest BCUT2D eigenvalue weighted by Gasteiger charge is -2.28. The Morgan fingerprint density at radius 3 is 1.67 bits per heavy atom. The second-order valence-corrected chi connectivity index (χ2v) is 6.09. The first-order valence-corrected chi connectivity index (χ1v) is 11.3. The molecule has 162 valence electrons. The van der Waals surface area contributed by atoms with Crippen molar-refractivity contribution in [1.82, 2.24) is 0 Å². The molecule has 0 heterocycles. The third-order valence-electron chi connectivity index (χ3n) is 4.05. The molecule has 1 atom stereocenters. The zero-order chi connectivity index (χ0) is 22.9. The van der Waals surface area contributed by atoms with E-state index in [0.29, 0.717) is 11.1 Å². The summed E-state index contributed by atoms with van der Waals surface area (Å²) >= 11 is 4.78. The smallest absolute Gasteiger partial charge is 0.193 e. The highest BCUT2D eigenvalue weighted by Crippen LogP contribution is 2.31. The van der Waals surface area contributed by atoms with E-state index in [2.05, 4.69) is 4.90 Å². The van der Waals surface area contributed by atoms with Crippen molar-refractivity contribution in [3.63, 3.8) is 0 Å². The summed E-state index contributed by atoms with van der Waals surface area (Å²) in [6, 6.07) is 27.1. The van der Waals surface area contributed by atoms with Crippen LogP contribution in [-0.4, -0.2) is 12.8 Å². The van der Waals surface area contributed by atoms with E-state index in [-0.39, 0.29) is 11.2 Å². The van der Waals surface area contributed by atoms with Crippen LogP contribution in [0.2, 0.25) is 0 Å². The first kappa shape index (κ1) is 27.5. The molecule has 0 saturated carbocycles. The average Bonchev–Trinajstić information content (AvgIpc) is 2.87. The van der Waals surface area contributed by atoms with Crippen LogP contribution in [0.15, 0.2) is 84.9 Å². The van der Waals surface area contributed by atoms with Crippen molar-refractivity contribution in [3.05, 3.63) is 102 Å². The Labute approximate surface area is 189 Å². The fraction of sp³-hybridized carbons (Fsp3) is 0.296. The third kappa shape index (κ3) is 7.72. The standard InChI is InChI=1S/C21H19NOS.3C2H6/c1-22(17-12-6-3-7-13-17)21(24)19-15-9-8-14-18(19)20(23)16-10-4-2-5-11-16;3*1-2/h2-15,21,24H,1H3;3*1-2H3. The van der Waals surface area contributed by atoms with Crippen LogP contribution < -0.4 is 4.90 Å². The molecule has 2 nitrogen and oxygen atoms in total. The van der Waals surface area contributed by atoms with Gasteiger partial charge in [0.15, 0.2) is 5.78 Å². The lowest BCUT2D eigenvalue weighted by atomic mass is 9.98. The number of carbonyl (C=O) groups is 1. The zero-order valence-electron chi connectivity index (χ0n) is 19.5. The van der Waals surface area contributed by atoms with Crippen molar-refractivity contribution < 1.29 is 4.79 Å². The number of benzene rings is 3. The largest absolute Gasteiger partial charge is 0.359 e. The summed E-state index contributed by atoms with van der Waals surface area (Å²) < 4.78 is 0. The topological polar surface area (TPSA) is 20.3 Å². The molecule has 30 heavy (non-hydrogen) atoms. The van der Waals surface area contributed by atoms with E-state index < -0.39 is 0 Å². The maximum atomic E-state index is 12.9. The number of para-hydroxylation sites is 1. The molecule has 0 saturated heterocycles. The Morgan fingerprint density at radius 1 is 0.700 bits per heavy atom. The Morgan fingerprint density at radius 2 is 1.13 bits per heavy atom. The molecule has 0 N–H and O–H groups in total. The number of carbonyl (C=O) groups excluding carboxylic acids is 1. The number of anilines is 1. The van der Waals surface area contributed by atoms with E-state index in [9.17, 15) is 4.79 Å². The predicted molar refractivity (Wildman–Crippen MR) is 137 cm³/mol. The van der Waals surface area contributed by atoms with E-state index in [1.807, 2.05) is 134 Å². The van der Waals surface area contributed by atoms with E-state index in [4.69, 9.17) is 12.6 Å². The van der Waals surface area contributed by atoms with Gasteiger partial charge in [0.25, 0.3) is 0 Å². The van der Waals surface area contributed by atoms with Gasteiger partial charge in [0.2, 0.25) is 0 Å². The number of hydrogen-bond acceptors (Lipinski definition) is 3. The van der Waals surface area contributed by atoms with Gasteiger partial charge in [-0.1, -0.05) is 114 Å². The lowest BCUT2D eigenvalue weighted by molar-refractivity contribution is 0.103. The molecular formula is C27H37NOS. The molecule has 0 spiro atoms. The van der Waals surface area contributed by atoms with Gasteiger partial charge in [-0.3, -0.25) is 4.79 Å². The van der Waals surface area contributed by atoms with E-state index >= 15 is 0 Å². The number of hydrogen-bond donors (Lipinski definition) is 1. The maximum Gasteiger partial charge on any atom is 0.193 e. The van der Waals surface area contributed by atoms with Gasteiger partial charge in [-0.15, -0.1) is 12.6 Å². The summed E-state index contributed by atoms with van der Waals surface area (Å²) in [5, 5.41) is -0.212. The fourth-order valence-electron chi connectivity index (χ4n) is 2.69. The van der Waals surface area contributed by atoms with Gasteiger partial charge in [-0.05, 0) is 17.7 Å². The van der Waals surface area contributed by atoms with E-state index in [0.717, 1.165) is 11.3 Å². The Kier molecular flexibility index (Phi) is 14.9. The fourth-order valence-corrected chi connectivity index (χ4v) is 3.05. The SMILES string of the molecule is CC.CC.CC.CN(c1ccccc1)C(S)c1ccccc1C(=O)c1ccccc1. The van der Waals surface area contributed by atoms with Crippen molar-refractivity contribution in [2.24, 2.45) is 0 Å². The molecular weight excluding hydrogens is 386 g/mol. The zero-order valence-corrected chi connectivity index (χ0v) is 20.4. The molecule has 3 rings (SSSR count). The quantitative estimate of drug-likeness (QED) is 0.254.